The summed E-state index contributed by atoms with van der Waals surface area (Å²) in [4.78, 5) is 13.7. The fourth-order valence-corrected chi connectivity index (χ4v) is 2.17. The first-order valence-corrected chi connectivity index (χ1v) is 6.16. The molecule has 1 amide bonds. The highest BCUT2D eigenvalue weighted by Gasteiger charge is 2.31. The Balaban J connectivity index is 1.90. The van der Waals surface area contributed by atoms with E-state index in [2.05, 4.69) is 0 Å². The van der Waals surface area contributed by atoms with Crippen molar-refractivity contribution in [1.29, 1.82) is 0 Å². The second-order valence-corrected chi connectivity index (χ2v) is 4.78. The fraction of sp³-hybridized carbons (Fsp3) is 0.500. The molecule has 0 N–H and O–H groups in total. The van der Waals surface area contributed by atoms with Crippen LogP contribution >= 0.6 is 0 Å². The number of methoxy groups -OCH3 is 1. The monoisotopic (exact) mass is 251 g/mol. The van der Waals surface area contributed by atoms with Crippen molar-refractivity contribution in [3.63, 3.8) is 0 Å². The van der Waals surface area contributed by atoms with E-state index in [1.807, 2.05) is 6.92 Å². The minimum atomic E-state index is -0.240. The number of amides is 1. The molecule has 4 heteroatoms. The van der Waals surface area contributed by atoms with Gasteiger partial charge in [0.05, 0.1) is 6.10 Å². The molecule has 18 heavy (non-hydrogen) atoms. The molecular weight excluding hydrogens is 233 g/mol. The number of carbonyl (C=O) groups is 1. The molecule has 0 spiro atoms. The van der Waals surface area contributed by atoms with E-state index < -0.39 is 0 Å². The first kappa shape index (κ1) is 13.0. The Labute approximate surface area is 107 Å². The van der Waals surface area contributed by atoms with Gasteiger partial charge in [0.25, 0.3) is 0 Å². The van der Waals surface area contributed by atoms with Crippen LogP contribution in [0.5, 0.6) is 0 Å². The zero-order valence-electron chi connectivity index (χ0n) is 10.7. The lowest BCUT2D eigenvalue weighted by Crippen LogP contribution is -2.54. The molecule has 1 aliphatic rings. The molecule has 1 aromatic rings. The van der Waals surface area contributed by atoms with E-state index in [9.17, 15) is 9.18 Å². The van der Waals surface area contributed by atoms with Gasteiger partial charge in [0.2, 0.25) is 5.91 Å². The maximum atomic E-state index is 13.6. The van der Waals surface area contributed by atoms with Gasteiger partial charge in [-0.25, -0.2) is 4.39 Å². The molecule has 0 bridgehead atoms. The zero-order valence-corrected chi connectivity index (χ0v) is 10.7. The van der Waals surface area contributed by atoms with E-state index in [0.717, 1.165) is 0 Å². The third-order valence-corrected chi connectivity index (χ3v) is 3.45. The average molecular weight is 251 g/mol. The molecule has 0 aromatic heterocycles. The van der Waals surface area contributed by atoms with Crippen molar-refractivity contribution in [2.75, 3.05) is 20.2 Å². The van der Waals surface area contributed by atoms with E-state index in [4.69, 9.17) is 4.74 Å². The second-order valence-electron chi connectivity index (χ2n) is 4.78. The Kier molecular flexibility index (Phi) is 3.97. The van der Waals surface area contributed by atoms with E-state index in [0.29, 0.717) is 25.1 Å². The highest BCUT2D eigenvalue weighted by atomic mass is 19.1. The van der Waals surface area contributed by atoms with Crippen molar-refractivity contribution in [3.05, 3.63) is 35.6 Å². The Morgan fingerprint density at radius 1 is 1.50 bits per heavy atom. The first-order chi connectivity index (χ1) is 8.61. The van der Waals surface area contributed by atoms with Crippen LogP contribution in [0.4, 0.5) is 4.39 Å². The van der Waals surface area contributed by atoms with Gasteiger partial charge in [-0.3, -0.25) is 4.79 Å². The largest absolute Gasteiger partial charge is 0.378 e. The van der Waals surface area contributed by atoms with Crippen molar-refractivity contribution in [3.8, 4) is 0 Å². The minimum absolute atomic E-state index is 0.0686. The van der Waals surface area contributed by atoms with Crippen LogP contribution < -0.4 is 0 Å². The maximum absolute atomic E-state index is 13.6. The summed E-state index contributed by atoms with van der Waals surface area (Å²) in [6.45, 7) is 3.18. The molecule has 1 atom stereocenters. The van der Waals surface area contributed by atoms with E-state index in [1.54, 1.807) is 30.2 Å². The molecule has 1 saturated heterocycles. The number of benzene rings is 1. The lowest BCUT2D eigenvalue weighted by atomic mass is 9.96. The average Bonchev–Trinajstić information content (AvgIpc) is 2.28. The number of nitrogens with zero attached hydrogens (tertiary/aromatic N) is 1. The van der Waals surface area contributed by atoms with E-state index >= 15 is 0 Å². The molecule has 1 heterocycles. The number of likely N-dealkylation sites (tertiary alicyclic amines) is 1. The number of carbonyl (C=O) groups excluding carboxylic acids is 1. The van der Waals surface area contributed by atoms with Gasteiger partial charge in [-0.2, -0.15) is 0 Å². The van der Waals surface area contributed by atoms with Crippen LogP contribution in [0, 0.1) is 5.82 Å². The SMILES string of the molecule is COC1CN(C(=O)CC(C)c2ccccc2F)C1. The van der Waals surface area contributed by atoms with Crippen LogP contribution in [-0.4, -0.2) is 37.1 Å². The summed E-state index contributed by atoms with van der Waals surface area (Å²) in [5.74, 6) is -0.268. The topological polar surface area (TPSA) is 29.5 Å². The van der Waals surface area contributed by atoms with Crippen molar-refractivity contribution in [2.45, 2.75) is 25.4 Å². The summed E-state index contributed by atoms with van der Waals surface area (Å²) < 4.78 is 18.7. The zero-order chi connectivity index (χ0) is 13.1. The van der Waals surface area contributed by atoms with Crippen LogP contribution in [0.2, 0.25) is 0 Å². The molecular formula is C14H18FNO2. The molecule has 0 saturated carbocycles. The maximum Gasteiger partial charge on any atom is 0.223 e. The van der Waals surface area contributed by atoms with Gasteiger partial charge in [-0.15, -0.1) is 0 Å². The van der Waals surface area contributed by atoms with E-state index in [-0.39, 0.29) is 23.7 Å². The summed E-state index contributed by atoms with van der Waals surface area (Å²) in [7, 11) is 1.65. The summed E-state index contributed by atoms with van der Waals surface area (Å²) in [5.41, 5.74) is 0.606. The van der Waals surface area contributed by atoms with Crippen LogP contribution in [0.25, 0.3) is 0 Å². The Bertz CT molecular complexity index is 430. The summed E-state index contributed by atoms with van der Waals surface area (Å²) in [5, 5.41) is 0. The van der Waals surface area contributed by atoms with Crippen LogP contribution in [0.15, 0.2) is 24.3 Å². The highest BCUT2D eigenvalue weighted by Crippen LogP contribution is 2.24. The lowest BCUT2D eigenvalue weighted by Gasteiger charge is -2.38. The van der Waals surface area contributed by atoms with Gasteiger partial charge in [0.1, 0.15) is 5.82 Å². The van der Waals surface area contributed by atoms with Crippen LogP contribution in [0.3, 0.4) is 0 Å². The number of hydrogen-bond acceptors (Lipinski definition) is 2. The smallest absolute Gasteiger partial charge is 0.223 e. The van der Waals surface area contributed by atoms with Gasteiger partial charge in [-0.05, 0) is 17.5 Å². The van der Waals surface area contributed by atoms with Crippen LogP contribution in [-0.2, 0) is 9.53 Å². The lowest BCUT2D eigenvalue weighted by molar-refractivity contribution is -0.143. The third kappa shape index (κ3) is 2.70. The summed E-state index contributed by atoms with van der Waals surface area (Å²) in [6.07, 6.45) is 0.509. The second kappa shape index (κ2) is 5.48. The Hall–Kier alpha value is -1.42. The van der Waals surface area contributed by atoms with Crippen molar-refractivity contribution in [1.82, 2.24) is 4.90 Å². The molecule has 98 valence electrons. The van der Waals surface area contributed by atoms with Gasteiger partial charge >= 0.3 is 0 Å². The fourth-order valence-electron chi connectivity index (χ4n) is 2.17. The summed E-state index contributed by atoms with van der Waals surface area (Å²) in [6, 6.07) is 6.62. The number of hydrogen-bond donors (Lipinski definition) is 0. The van der Waals surface area contributed by atoms with Gasteiger partial charge < -0.3 is 9.64 Å². The third-order valence-electron chi connectivity index (χ3n) is 3.45. The number of rotatable bonds is 4. The number of halogens is 1. The Morgan fingerprint density at radius 2 is 2.17 bits per heavy atom. The molecule has 1 fully saturated rings. The molecule has 0 radical (unpaired) electrons. The quantitative estimate of drug-likeness (QED) is 0.821. The predicted molar refractivity (Wildman–Crippen MR) is 66.8 cm³/mol. The van der Waals surface area contributed by atoms with Gasteiger partial charge in [-0.1, -0.05) is 25.1 Å². The number of ether oxygens (including phenoxy) is 1. The molecule has 1 aromatic carbocycles. The van der Waals surface area contributed by atoms with Gasteiger partial charge in [0.15, 0.2) is 0 Å². The molecule has 1 unspecified atom stereocenters. The van der Waals surface area contributed by atoms with Gasteiger partial charge in [0, 0.05) is 26.6 Å². The molecule has 0 aliphatic carbocycles. The standard InChI is InChI=1S/C14H18FNO2/c1-10(12-5-3-4-6-13(12)15)7-14(17)16-8-11(9-16)18-2/h3-6,10-11H,7-9H2,1-2H3. The normalized spacial score (nSPS) is 17.4. The molecule has 3 nitrogen and oxygen atoms in total. The van der Waals surface area contributed by atoms with Crippen molar-refractivity contribution in [2.24, 2.45) is 0 Å². The first-order valence-electron chi connectivity index (χ1n) is 6.16. The Morgan fingerprint density at radius 3 is 2.78 bits per heavy atom. The van der Waals surface area contributed by atoms with Crippen LogP contribution in [0.1, 0.15) is 24.8 Å². The van der Waals surface area contributed by atoms with Crippen molar-refractivity contribution >= 4 is 5.91 Å². The van der Waals surface area contributed by atoms with Crippen molar-refractivity contribution < 1.29 is 13.9 Å². The van der Waals surface area contributed by atoms with E-state index in [1.165, 1.54) is 6.07 Å². The summed E-state index contributed by atoms with van der Waals surface area (Å²) >= 11 is 0. The predicted octanol–water partition coefficient (Wildman–Crippen LogP) is 2.18. The minimum Gasteiger partial charge on any atom is -0.378 e. The molecule has 1 aliphatic heterocycles. The molecule has 2 rings (SSSR count). The highest BCUT2D eigenvalue weighted by molar-refractivity contribution is 5.78.